The van der Waals surface area contributed by atoms with Crippen LogP contribution in [0.2, 0.25) is 5.02 Å². The molecular weight excluding hydrogens is 282 g/mol. The molecule has 0 fully saturated rings. The third-order valence-electron chi connectivity index (χ3n) is 2.64. The molecule has 1 rings (SSSR count). The van der Waals surface area contributed by atoms with E-state index in [0.29, 0.717) is 17.2 Å². The lowest BCUT2D eigenvalue weighted by atomic mass is 10.2. The minimum atomic E-state index is -0.960. The Morgan fingerprint density at radius 1 is 1.40 bits per heavy atom. The second-order valence-electron chi connectivity index (χ2n) is 4.45. The van der Waals surface area contributed by atoms with Gasteiger partial charge in [0.1, 0.15) is 5.75 Å². The number of hydrogen-bond acceptors (Lipinski definition) is 3. The Morgan fingerprint density at radius 2 is 2.05 bits per heavy atom. The van der Waals surface area contributed by atoms with Crippen LogP contribution in [0.3, 0.4) is 0 Å². The van der Waals surface area contributed by atoms with E-state index in [4.69, 9.17) is 21.4 Å². The van der Waals surface area contributed by atoms with E-state index in [1.54, 1.807) is 31.2 Å². The fourth-order valence-electron chi connectivity index (χ4n) is 1.66. The highest BCUT2D eigenvalue weighted by Gasteiger charge is 2.21. The molecule has 0 aliphatic rings. The molecule has 0 aliphatic heterocycles. The Bertz CT molecular complexity index is 478. The molecule has 1 aromatic rings. The van der Waals surface area contributed by atoms with Crippen molar-refractivity contribution in [3.8, 4) is 5.75 Å². The summed E-state index contributed by atoms with van der Waals surface area (Å²) in [5.74, 6) is -0.874. The van der Waals surface area contributed by atoms with Gasteiger partial charge in [-0.2, -0.15) is 0 Å². The van der Waals surface area contributed by atoms with Crippen LogP contribution in [-0.2, 0) is 9.59 Å². The monoisotopic (exact) mass is 299 g/mol. The molecule has 2 unspecified atom stereocenters. The smallest absolute Gasteiger partial charge is 0.305 e. The van der Waals surface area contributed by atoms with Crippen molar-refractivity contribution in [2.24, 2.45) is 0 Å². The van der Waals surface area contributed by atoms with Crippen molar-refractivity contribution in [1.82, 2.24) is 5.32 Å². The lowest BCUT2D eigenvalue weighted by molar-refractivity contribution is -0.137. The van der Waals surface area contributed by atoms with Crippen molar-refractivity contribution >= 4 is 23.5 Å². The van der Waals surface area contributed by atoms with Crippen LogP contribution >= 0.6 is 11.6 Å². The number of halogens is 1. The maximum Gasteiger partial charge on any atom is 0.305 e. The van der Waals surface area contributed by atoms with Crippen molar-refractivity contribution in [2.75, 3.05) is 0 Å². The molecule has 0 heterocycles. The van der Waals surface area contributed by atoms with Crippen LogP contribution in [-0.4, -0.2) is 29.1 Å². The average Bonchev–Trinajstić information content (AvgIpc) is 2.36. The molecular formula is C14H18ClNO4. The van der Waals surface area contributed by atoms with E-state index >= 15 is 0 Å². The number of carboxylic acids is 1. The predicted octanol–water partition coefficient (Wildman–Crippen LogP) is 2.48. The topological polar surface area (TPSA) is 75.6 Å². The Labute approximate surface area is 122 Å². The van der Waals surface area contributed by atoms with Gasteiger partial charge >= 0.3 is 5.97 Å². The summed E-state index contributed by atoms with van der Waals surface area (Å²) >= 11 is 5.97. The summed E-state index contributed by atoms with van der Waals surface area (Å²) in [5.41, 5.74) is 0. The number of benzene rings is 1. The molecule has 0 aliphatic carbocycles. The second kappa shape index (κ2) is 7.75. The molecule has 6 heteroatoms. The number of carbonyl (C=O) groups excluding carboxylic acids is 1. The zero-order valence-electron chi connectivity index (χ0n) is 11.4. The van der Waals surface area contributed by atoms with Gasteiger partial charge in [-0.15, -0.1) is 0 Å². The van der Waals surface area contributed by atoms with Gasteiger partial charge in [-0.1, -0.05) is 30.7 Å². The van der Waals surface area contributed by atoms with Gasteiger partial charge in [0.15, 0.2) is 6.10 Å². The number of carbonyl (C=O) groups is 2. The highest BCUT2D eigenvalue weighted by atomic mass is 35.5. The molecule has 0 radical (unpaired) electrons. The molecule has 1 amide bonds. The van der Waals surface area contributed by atoms with Gasteiger partial charge in [-0.3, -0.25) is 9.59 Å². The Morgan fingerprint density at radius 3 is 2.60 bits per heavy atom. The van der Waals surface area contributed by atoms with E-state index in [-0.39, 0.29) is 12.3 Å². The van der Waals surface area contributed by atoms with E-state index < -0.39 is 18.1 Å². The van der Waals surface area contributed by atoms with Crippen LogP contribution in [0.4, 0.5) is 0 Å². The van der Waals surface area contributed by atoms with E-state index in [1.807, 2.05) is 6.92 Å². The van der Waals surface area contributed by atoms with Crippen LogP contribution in [0.25, 0.3) is 0 Å². The number of aliphatic carboxylic acids is 1. The van der Waals surface area contributed by atoms with E-state index in [2.05, 4.69) is 5.32 Å². The Balaban J connectivity index is 2.64. The number of ether oxygens (including phenoxy) is 1. The molecule has 2 N–H and O–H groups in total. The zero-order valence-corrected chi connectivity index (χ0v) is 12.2. The number of para-hydroxylation sites is 1. The Kier molecular flexibility index (Phi) is 6.31. The summed E-state index contributed by atoms with van der Waals surface area (Å²) < 4.78 is 5.57. The normalized spacial score (nSPS) is 13.3. The first-order chi connectivity index (χ1) is 9.43. The number of hydrogen-bond donors (Lipinski definition) is 2. The number of carboxylic acid groups (broad SMARTS) is 1. The largest absolute Gasteiger partial charge is 0.481 e. The van der Waals surface area contributed by atoms with Gasteiger partial charge in [0, 0.05) is 6.04 Å². The Hall–Kier alpha value is -1.75. The summed E-state index contributed by atoms with van der Waals surface area (Å²) in [6.07, 6.45) is -0.378. The van der Waals surface area contributed by atoms with Crippen molar-refractivity contribution < 1.29 is 19.4 Å². The fourth-order valence-corrected chi connectivity index (χ4v) is 1.84. The summed E-state index contributed by atoms with van der Waals surface area (Å²) in [6.45, 7) is 3.44. The van der Waals surface area contributed by atoms with Crippen LogP contribution in [0.5, 0.6) is 5.75 Å². The average molecular weight is 300 g/mol. The molecule has 1 aromatic carbocycles. The van der Waals surface area contributed by atoms with Crippen LogP contribution in [0, 0.1) is 0 Å². The van der Waals surface area contributed by atoms with Crippen molar-refractivity contribution in [2.45, 2.75) is 38.8 Å². The molecule has 0 bridgehead atoms. The summed E-state index contributed by atoms with van der Waals surface area (Å²) in [6, 6.07) is 6.43. The number of amides is 1. The van der Waals surface area contributed by atoms with Crippen molar-refractivity contribution in [3.63, 3.8) is 0 Å². The standard InChI is InChI=1S/C14H18ClNO4/c1-3-11(14(19)16-9(2)8-13(17)18)20-12-7-5-4-6-10(12)15/h4-7,9,11H,3,8H2,1-2H3,(H,16,19)(H,17,18). The van der Waals surface area contributed by atoms with E-state index in [0.717, 1.165) is 0 Å². The van der Waals surface area contributed by atoms with Crippen molar-refractivity contribution in [1.29, 1.82) is 0 Å². The minimum absolute atomic E-state index is 0.131. The highest BCUT2D eigenvalue weighted by molar-refractivity contribution is 6.32. The third kappa shape index (κ3) is 5.09. The molecule has 0 saturated heterocycles. The van der Waals surface area contributed by atoms with Gasteiger partial charge in [0.05, 0.1) is 11.4 Å². The molecule has 5 nitrogen and oxygen atoms in total. The highest BCUT2D eigenvalue weighted by Crippen LogP contribution is 2.24. The molecule has 110 valence electrons. The van der Waals surface area contributed by atoms with Gasteiger partial charge in [-0.25, -0.2) is 0 Å². The van der Waals surface area contributed by atoms with Crippen LogP contribution in [0.1, 0.15) is 26.7 Å². The number of nitrogens with one attached hydrogen (secondary N) is 1. The molecule has 20 heavy (non-hydrogen) atoms. The second-order valence-corrected chi connectivity index (χ2v) is 4.86. The van der Waals surface area contributed by atoms with Gasteiger partial charge in [-0.05, 0) is 25.5 Å². The molecule has 0 spiro atoms. The molecule has 0 saturated carbocycles. The van der Waals surface area contributed by atoms with Crippen LogP contribution in [0.15, 0.2) is 24.3 Å². The lowest BCUT2D eigenvalue weighted by Crippen LogP contribution is -2.43. The van der Waals surface area contributed by atoms with E-state index in [1.165, 1.54) is 0 Å². The predicted molar refractivity (Wildman–Crippen MR) is 76.0 cm³/mol. The van der Waals surface area contributed by atoms with Gasteiger partial charge < -0.3 is 15.2 Å². The summed E-state index contributed by atoms with van der Waals surface area (Å²) in [5, 5.41) is 11.7. The summed E-state index contributed by atoms with van der Waals surface area (Å²) in [7, 11) is 0. The first kappa shape index (κ1) is 16.3. The maximum atomic E-state index is 12.0. The molecule has 2 atom stereocenters. The first-order valence-corrected chi connectivity index (χ1v) is 6.75. The first-order valence-electron chi connectivity index (χ1n) is 6.37. The summed E-state index contributed by atoms with van der Waals surface area (Å²) in [4.78, 5) is 22.6. The van der Waals surface area contributed by atoms with Gasteiger partial charge in [0.25, 0.3) is 5.91 Å². The van der Waals surface area contributed by atoms with Crippen molar-refractivity contribution in [3.05, 3.63) is 29.3 Å². The quantitative estimate of drug-likeness (QED) is 0.811. The lowest BCUT2D eigenvalue weighted by Gasteiger charge is -2.20. The fraction of sp³-hybridized carbons (Fsp3) is 0.429. The SMILES string of the molecule is CCC(Oc1ccccc1Cl)C(=O)NC(C)CC(=O)O. The zero-order chi connectivity index (χ0) is 15.1. The van der Waals surface area contributed by atoms with Gasteiger partial charge in [0.2, 0.25) is 0 Å². The third-order valence-corrected chi connectivity index (χ3v) is 2.95. The van der Waals surface area contributed by atoms with E-state index in [9.17, 15) is 9.59 Å². The maximum absolute atomic E-state index is 12.0. The van der Waals surface area contributed by atoms with Crippen LogP contribution < -0.4 is 10.1 Å². The molecule has 0 aromatic heterocycles. The minimum Gasteiger partial charge on any atom is -0.481 e. The number of rotatable bonds is 7.